The van der Waals surface area contributed by atoms with Crippen LogP contribution in [0.4, 0.5) is 13.2 Å². The Morgan fingerprint density at radius 2 is 1.53 bits per heavy atom. The van der Waals surface area contributed by atoms with Gasteiger partial charge in [-0.15, -0.1) is 0 Å². The van der Waals surface area contributed by atoms with Crippen LogP contribution < -0.4 is 5.32 Å². The van der Waals surface area contributed by atoms with Gasteiger partial charge in [0.2, 0.25) is 0 Å². The number of aryl methyl sites for hydroxylation is 1. The second-order valence-corrected chi connectivity index (χ2v) is 10.5. The van der Waals surface area contributed by atoms with Gasteiger partial charge in [0.25, 0.3) is 5.91 Å². The smallest absolute Gasteiger partial charge is 0.345 e. The minimum absolute atomic E-state index is 0.164. The number of halogens is 4. The molecule has 1 aromatic heterocycles. The summed E-state index contributed by atoms with van der Waals surface area (Å²) in [6.07, 6.45) is -4.25. The molecule has 5 aromatic rings. The van der Waals surface area contributed by atoms with Gasteiger partial charge in [0.15, 0.2) is 0 Å². The molecular formula is C34H28ClF3N2O3. The Balaban J connectivity index is 0.00000135. The summed E-state index contributed by atoms with van der Waals surface area (Å²) < 4.78 is 41.8. The Morgan fingerprint density at radius 3 is 2.16 bits per heavy atom. The third-order valence-electron chi connectivity index (χ3n) is 7.44. The van der Waals surface area contributed by atoms with Gasteiger partial charge in [0, 0.05) is 33.7 Å². The van der Waals surface area contributed by atoms with Crippen molar-refractivity contribution >= 4 is 34.6 Å². The standard InChI is InChI=1S/C33H28ClF3N2O.CO2/c1-20-22(3)39(19-23-9-11-25(12-10-23)24-7-5-4-6-8-24)31-16-13-26(17-28(20)31)32(40)38-21(2)29-18-27(33(35,36)37)14-15-30(29)34;2-1-3/h4-18,21H,19H2,1-3H3,(H,38,40);/t21-;/m1./s1. The Kier molecular flexibility index (Phi) is 9.54. The van der Waals surface area contributed by atoms with Crippen LogP contribution in [0.15, 0.2) is 91.0 Å². The van der Waals surface area contributed by atoms with Gasteiger partial charge in [-0.2, -0.15) is 22.8 Å². The summed E-state index contributed by atoms with van der Waals surface area (Å²) in [6, 6.07) is 26.6. The van der Waals surface area contributed by atoms with E-state index in [2.05, 4.69) is 53.2 Å². The van der Waals surface area contributed by atoms with Gasteiger partial charge in [-0.3, -0.25) is 4.79 Å². The molecule has 0 aliphatic heterocycles. The second kappa shape index (κ2) is 13.1. The lowest BCUT2D eigenvalue weighted by atomic mass is 10.0. The first-order valence-corrected chi connectivity index (χ1v) is 13.7. The van der Waals surface area contributed by atoms with Gasteiger partial charge in [-0.25, -0.2) is 0 Å². The lowest BCUT2D eigenvalue weighted by Crippen LogP contribution is -2.27. The average Bonchev–Trinajstić information content (AvgIpc) is 3.22. The first-order chi connectivity index (χ1) is 20.4. The first kappa shape index (κ1) is 31.3. The van der Waals surface area contributed by atoms with Gasteiger partial charge >= 0.3 is 12.3 Å². The molecule has 0 bridgehead atoms. The van der Waals surface area contributed by atoms with Crippen molar-refractivity contribution in [3.8, 4) is 11.1 Å². The van der Waals surface area contributed by atoms with E-state index < -0.39 is 17.8 Å². The summed E-state index contributed by atoms with van der Waals surface area (Å²) in [5.41, 5.74) is 6.49. The van der Waals surface area contributed by atoms with Crippen molar-refractivity contribution in [3.05, 3.63) is 130 Å². The Labute approximate surface area is 251 Å². The lowest BCUT2D eigenvalue weighted by Gasteiger charge is -2.18. The summed E-state index contributed by atoms with van der Waals surface area (Å²) in [5.74, 6) is -0.385. The van der Waals surface area contributed by atoms with Crippen LogP contribution in [0.1, 0.15) is 51.3 Å². The SMILES string of the molecule is Cc1c(C)n(Cc2ccc(-c3ccccc3)cc2)c2ccc(C(=O)N[C@H](C)c3cc(C(F)(F)F)ccc3Cl)cc12.O=C=O. The number of amides is 1. The molecule has 0 saturated heterocycles. The molecule has 5 rings (SSSR count). The number of carbonyl (C=O) groups excluding carboxylic acids is 3. The van der Waals surface area contributed by atoms with E-state index in [-0.39, 0.29) is 22.6 Å². The van der Waals surface area contributed by atoms with E-state index in [0.717, 1.165) is 45.4 Å². The quantitative estimate of drug-likeness (QED) is 0.211. The predicted molar refractivity (Wildman–Crippen MR) is 160 cm³/mol. The zero-order valence-electron chi connectivity index (χ0n) is 23.6. The fraction of sp³-hybridized carbons (Fsp3) is 0.176. The molecule has 0 radical (unpaired) electrons. The topological polar surface area (TPSA) is 68.2 Å². The maximum absolute atomic E-state index is 13.2. The Morgan fingerprint density at radius 1 is 0.907 bits per heavy atom. The molecule has 1 atom stereocenters. The van der Waals surface area contributed by atoms with Gasteiger partial charge in [0.1, 0.15) is 0 Å². The number of nitrogens with one attached hydrogen (secondary N) is 1. The summed E-state index contributed by atoms with van der Waals surface area (Å²) in [7, 11) is 0. The van der Waals surface area contributed by atoms with Crippen LogP contribution in [0.3, 0.4) is 0 Å². The van der Waals surface area contributed by atoms with Crippen molar-refractivity contribution in [2.45, 2.75) is 39.5 Å². The van der Waals surface area contributed by atoms with Crippen LogP contribution in [0.25, 0.3) is 22.0 Å². The number of hydrogen-bond donors (Lipinski definition) is 1. The highest BCUT2D eigenvalue weighted by atomic mass is 35.5. The van der Waals surface area contributed by atoms with Crippen LogP contribution in [-0.4, -0.2) is 16.6 Å². The molecule has 0 saturated carbocycles. The molecule has 1 N–H and O–H groups in total. The van der Waals surface area contributed by atoms with Crippen LogP contribution in [0.2, 0.25) is 5.02 Å². The zero-order valence-corrected chi connectivity index (χ0v) is 24.4. The highest BCUT2D eigenvalue weighted by Crippen LogP contribution is 2.34. The first-order valence-electron chi connectivity index (χ1n) is 13.3. The van der Waals surface area contributed by atoms with Crippen molar-refractivity contribution in [3.63, 3.8) is 0 Å². The van der Waals surface area contributed by atoms with E-state index >= 15 is 0 Å². The Bertz CT molecular complexity index is 1790. The highest BCUT2D eigenvalue weighted by Gasteiger charge is 2.31. The number of nitrogens with zero attached hydrogens (tertiary/aromatic N) is 1. The molecule has 0 spiro atoms. The normalized spacial score (nSPS) is 11.8. The summed E-state index contributed by atoms with van der Waals surface area (Å²) >= 11 is 6.17. The van der Waals surface area contributed by atoms with Gasteiger partial charge in [-0.1, -0.05) is 66.2 Å². The van der Waals surface area contributed by atoms with Crippen molar-refractivity contribution in [1.29, 1.82) is 0 Å². The van der Waals surface area contributed by atoms with Crippen LogP contribution in [0, 0.1) is 13.8 Å². The minimum Gasteiger partial charge on any atom is -0.345 e. The van der Waals surface area contributed by atoms with Crippen molar-refractivity contribution < 1.29 is 27.6 Å². The van der Waals surface area contributed by atoms with E-state index in [1.54, 1.807) is 13.0 Å². The number of alkyl halides is 3. The molecule has 0 unspecified atom stereocenters. The van der Waals surface area contributed by atoms with Gasteiger partial charge in [-0.05, 0) is 85.0 Å². The molecule has 220 valence electrons. The van der Waals surface area contributed by atoms with Crippen molar-refractivity contribution in [2.24, 2.45) is 0 Å². The molecule has 9 heteroatoms. The van der Waals surface area contributed by atoms with Crippen molar-refractivity contribution in [2.75, 3.05) is 0 Å². The van der Waals surface area contributed by atoms with Crippen LogP contribution in [0.5, 0.6) is 0 Å². The van der Waals surface area contributed by atoms with E-state index in [1.807, 2.05) is 37.3 Å². The summed E-state index contributed by atoms with van der Waals surface area (Å²) in [6.45, 7) is 6.39. The average molecular weight is 605 g/mol. The second-order valence-electron chi connectivity index (χ2n) is 10.1. The molecule has 5 nitrogen and oxygen atoms in total. The maximum atomic E-state index is 13.2. The van der Waals surface area contributed by atoms with E-state index in [9.17, 15) is 18.0 Å². The number of rotatable bonds is 6. The van der Waals surface area contributed by atoms with Gasteiger partial charge in [0.05, 0.1) is 11.6 Å². The summed E-state index contributed by atoms with van der Waals surface area (Å²) in [4.78, 5) is 29.4. The number of aromatic nitrogens is 1. The molecule has 0 aliphatic rings. The molecule has 0 aliphatic carbocycles. The number of fused-ring (bicyclic) bond motifs is 1. The third-order valence-corrected chi connectivity index (χ3v) is 7.78. The molecule has 0 fully saturated rings. The van der Waals surface area contributed by atoms with Crippen LogP contribution >= 0.6 is 11.6 Å². The predicted octanol–water partition coefficient (Wildman–Crippen LogP) is 8.55. The lowest BCUT2D eigenvalue weighted by molar-refractivity contribution is -0.191. The fourth-order valence-corrected chi connectivity index (χ4v) is 5.30. The molecule has 4 aromatic carbocycles. The highest BCUT2D eigenvalue weighted by molar-refractivity contribution is 6.31. The monoisotopic (exact) mass is 604 g/mol. The molecular weight excluding hydrogens is 577 g/mol. The maximum Gasteiger partial charge on any atom is 0.416 e. The molecule has 1 amide bonds. The van der Waals surface area contributed by atoms with Gasteiger partial charge < -0.3 is 9.88 Å². The van der Waals surface area contributed by atoms with E-state index in [4.69, 9.17) is 21.2 Å². The number of benzene rings is 4. The molecule has 43 heavy (non-hydrogen) atoms. The fourth-order valence-electron chi connectivity index (χ4n) is 5.02. The minimum atomic E-state index is -4.50. The number of hydrogen-bond acceptors (Lipinski definition) is 3. The summed E-state index contributed by atoms with van der Waals surface area (Å²) in [5, 5.41) is 3.92. The Hall–Kier alpha value is -4.65. The van der Waals surface area contributed by atoms with Crippen molar-refractivity contribution in [1.82, 2.24) is 9.88 Å². The van der Waals surface area contributed by atoms with E-state index in [0.29, 0.717) is 12.1 Å². The van der Waals surface area contributed by atoms with Crippen LogP contribution in [-0.2, 0) is 22.3 Å². The number of carbonyl (C=O) groups is 1. The largest absolute Gasteiger partial charge is 0.416 e. The third kappa shape index (κ3) is 7.05. The molecule has 1 heterocycles. The zero-order chi connectivity index (χ0) is 31.3. The van der Waals surface area contributed by atoms with E-state index in [1.165, 1.54) is 11.6 Å².